The molecular weight excluding hydrogens is 280 g/mol. The number of ether oxygens (including phenoxy) is 2. The van der Waals surface area contributed by atoms with E-state index in [-0.39, 0.29) is 11.1 Å². The molecule has 8 heteroatoms. The highest BCUT2D eigenvalue weighted by molar-refractivity contribution is 5.64. The summed E-state index contributed by atoms with van der Waals surface area (Å²) in [6, 6.07) is 6.28. The first-order valence-corrected chi connectivity index (χ1v) is 5.02. The lowest BCUT2D eigenvalue weighted by Crippen LogP contribution is -2.07. The second kappa shape index (κ2) is 7.00. The smallest absolute Gasteiger partial charge is 0.387 e. The van der Waals surface area contributed by atoms with Crippen molar-refractivity contribution in [1.82, 2.24) is 0 Å². The maximum absolute atomic E-state index is 12.2. The Morgan fingerprint density at radius 3 is 2.05 bits per heavy atom. The minimum atomic E-state index is -3.24. The Labute approximate surface area is 111 Å². The van der Waals surface area contributed by atoms with E-state index in [4.69, 9.17) is 10.5 Å². The van der Waals surface area contributed by atoms with E-state index in [1.165, 1.54) is 6.07 Å². The molecule has 0 N–H and O–H groups in total. The Morgan fingerprint density at radius 2 is 1.55 bits per heavy atom. The number of nitriles is 2. The van der Waals surface area contributed by atoms with Crippen LogP contribution in [-0.2, 0) is 0 Å². The largest absolute Gasteiger partial charge is 0.431 e. The lowest BCUT2D eigenvalue weighted by atomic mass is 10.1. The summed E-state index contributed by atoms with van der Waals surface area (Å²) in [4.78, 5) is 0. The summed E-state index contributed by atoms with van der Waals surface area (Å²) in [5, 5.41) is 17.1. The number of halogens is 4. The molecule has 20 heavy (non-hydrogen) atoms. The highest BCUT2D eigenvalue weighted by atomic mass is 19.3. The summed E-state index contributed by atoms with van der Waals surface area (Å²) >= 11 is 0. The molecule has 0 saturated carbocycles. The van der Waals surface area contributed by atoms with E-state index in [0.29, 0.717) is 0 Å². The van der Waals surface area contributed by atoms with Crippen molar-refractivity contribution in [3.8, 4) is 23.6 Å². The predicted octanol–water partition coefficient (Wildman–Crippen LogP) is 3.32. The molecule has 0 atom stereocenters. The molecule has 0 aliphatic rings. The Morgan fingerprint density at radius 1 is 1.00 bits per heavy atom. The van der Waals surface area contributed by atoms with Crippen molar-refractivity contribution in [3.05, 3.63) is 29.3 Å². The van der Waals surface area contributed by atoms with Gasteiger partial charge in [-0.25, -0.2) is 0 Å². The van der Waals surface area contributed by atoms with Gasteiger partial charge in [-0.15, -0.1) is 0 Å². The van der Waals surface area contributed by atoms with Gasteiger partial charge in [0.25, 0.3) is 0 Å². The molecule has 1 rings (SSSR count). The molecule has 0 aliphatic heterocycles. The monoisotopic (exact) mass is 286 g/mol. The molecule has 1 aromatic carbocycles. The summed E-state index contributed by atoms with van der Waals surface area (Å²) in [5.41, 5.74) is -0.129. The van der Waals surface area contributed by atoms with Crippen molar-refractivity contribution in [3.63, 3.8) is 0 Å². The van der Waals surface area contributed by atoms with Crippen molar-refractivity contribution in [2.45, 2.75) is 13.2 Å². The van der Waals surface area contributed by atoms with Crippen LogP contribution in [0.2, 0.25) is 0 Å². The summed E-state index contributed by atoms with van der Waals surface area (Å²) in [7, 11) is 0. The molecule has 0 fully saturated rings. The Kier molecular flexibility index (Phi) is 5.36. The average molecular weight is 286 g/mol. The minimum absolute atomic E-state index is 0.153. The van der Waals surface area contributed by atoms with Crippen molar-refractivity contribution in [1.29, 1.82) is 10.5 Å². The van der Waals surface area contributed by atoms with E-state index in [1.54, 1.807) is 12.1 Å². The van der Waals surface area contributed by atoms with Gasteiger partial charge in [-0.05, 0) is 23.8 Å². The van der Waals surface area contributed by atoms with E-state index in [9.17, 15) is 17.6 Å². The van der Waals surface area contributed by atoms with Crippen molar-refractivity contribution in [2.75, 3.05) is 0 Å². The van der Waals surface area contributed by atoms with Gasteiger partial charge in [0, 0.05) is 0 Å². The lowest BCUT2D eigenvalue weighted by Gasteiger charge is -2.12. The second-order valence-electron chi connectivity index (χ2n) is 3.24. The van der Waals surface area contributed by atoms with Crippen LogP contribution in [0.25, 0.3) is 6.08 Å². The van der Waals surface area contributed by atoms with Crippen LogP contribution in [0.1, 0.15) is 5.56 Å². The van der Waals surface area contributed by atoms with Crippen molar-refractivity contribution in [2.24, 2.45) is 0 Å². The van der Waals surface area contributed by atoms with Gasteiger partial charge in [0.15, 0.2) is 11.5 Å². The predicted molar refractivity (Wildman–Crippen MR) is 58.9 cm³/mol. The van der Waals surface area contributed by atoms with Gasteiger partial charge in [-0.2, -0.15) is 28.1 Å². The van der Waals surface area contributed by atoms with Crippen LogP contribution >= 0.6 is 0 Å². The van der Waals surface area contributed by atoms with Gasteiger partial charge in [0.1, 0.15) is 17.7 Å². The number of alkyl halides is 4. The molecule has 0 spiro atoms. The lowest BCUT2D eigenvalue weighted by molar-refractivity contribution is -0.0692. The van der Waals surface area contributed by atoms with Crippen LogP contribution in [0.5, 0.6) is 11.5 Å². The minimum Gasteiger partial charge on any atom is -0.431 e. The molecule has 104 valence electrons. The SMILES string of the molecule is N#CC(C#N)=Cc1ccc(OC(F)F)c(OC(F)F)c1. The van der Waals surface area contributed by atoms with Crippen LogP contribution in [-0.4, -0.2) is 13.2 Å². The van der Waals surface area contributed by atoms with E-state index in [0.717, 1.165) is 18.2 Å². The van der Waals surface area contributed by atoms with Crippen LogP contribution in [0.4, 0.5) is 17.6 Å². The third-order valence-electron chi connectivity index (χ3n) is 1.95. The molecule has 0 unspecified atom stereocenters. The van der Waals surface area contributed by atoms with Gasteiger partial charge in [-0.1, -0.05) is 6.07 Å². The Hall–Kier alpha value is -2.74. The first kappa shape index (κ1) is 15.3. The summed E-state index contributed by atoms with van der Waals surface area (Å²) in [5.74, 6) is -1.20. The van der Waals surface area contributed by atoms with Crippen molar-refractivity contribution < 1.29 is 27.0 Å². The molecule has 0 saturated heterocycles. The maximum Gasteiger partial charge on any atom is 0.387 e. The number of rotatable bonds is 5. The van der Waals surface area contributed by atoms with Gasteiger partial charge < -0.3 is 9.47 Å². The number of benzene rings is 1. The molecule has 0 aliphatic carbocycles. The van der Waals surface area contributed by atoms with Gasteiger partial charge in [0.2, 0.25) is 0 Å². The van der Waals surface area contributed by atoms with Crippen LogP contribution < -0.4 is 9.47 Å². The van der Waals surface area contributed by atoms with Crippen LogP contribution in [0.3, 0.4) is 0 Å². The van der Waals surface area contributed by atoms with E-state index >= 15 is 0 Å². The Balaban J connectivity index is 3.17. The fourth-order valence-corrected chi connectivity index (χ4v) is 1.25. The molecule has 0 aromatic heterocycles. The summed E-state index contributed by atoms with van der Waals surface area (Å²) in [6.45, 7) is -6.44. The zero-order valence-corrected chi connectivity index (χ0v) is 9.69. The van der Waals surface area contributed by atoms with Crippen LogP contribution in [0, 0.1) is 22.7 Å². The normalized spacial score (nSPS) is 9.80. The number of hydrogen-bond acceptors (Lipinski definition) is 4. The summed E-state index contributed by atoms with van der Waals surface area (Å²) < 4.78 is 56.6. The third-order valence-corrected chi connectivity index (χ3v) is 1.95. The zero-order chi connectivity index (χ0) is 15.1. The molecule has 4 nitrogen and oxygen atoms in total. The number of allylic oxidation sites excluding steroid dienone is 1. The molecule has 0 amide bonds. The quantitative estimate of drug-likeness (QED) is 0.615. The second-order valence-corrected chi connectivity index (χ2v) is 3.24. The number of nitrogens with zero attached hydrogens (tertiary/aromatic N) is 2. The van der Waals surface area contributed by atoms with Crippen LogP contribution in [0.15, 0.2) is 23.8 Å². The standard InChI is InChI=1S/C12H6F4N2O2/c13-11(14)19-9-2-1-7(3-8(5-17)6-18)4-10(9)20-12(15)16/h1-4,11-12H. The highest BCUT2D eigenvalue weighted by Gasteiger charge is 2.15. The molecule has 0 radical (unpaired) electrons. The molecule has 0 bridgehead atoms. The van der Waals surface area contributed by atoms with Gasteiger partial charge >= 0.3 is 13.2 Å². The van der Waals surface area contributed by atoms with E-state index in [1.807, 2.05) is 0 Å². The Bertz CT molecular complexity index is 572. The number of hydrogen-bond donors (Lipinski definition) is 0. The third kappa shape index (κ3) is 4.50. The first-order valence-electron chi connectivity index (χ1n) is 5.02. The fourth-order valence-electron chi connectivity index (χ4n) is 1.25. The van der Waals surface area contributed by atoms with Gasteiger partial charge in [-0.3, -0.25) is 0 Å². The summed E-state index contributed by atoms with van der Waals surface area (Å²) in [6.07, 6.45) is 1.09. The zero-order valence-electron chi connectivity index (χ0n) is 9.69. The van der Waals surface area contributed by atoms with E-state index in [2.05, 4.69) is 9.47 Å². The fraction of sp³-hybridized carbons (Fsp3) is 0.167. The maximum atomic E-state index is 12.2. The topological polar surface area (TPSA) is 66.0 Å². The first-order chi connectivity index (χ1) is 9.46. The van der Waals surface area contributed by atoms with Crippen molar-refractivity contribution >= 4 is 6.08 Å². The molecule has 0 heterocycles. The van der Waals surface area contributed by atoms with E-state index < -0.39 is 24.7 Å². The molecule has 1 aromatic rings. The average Bonchev–Trinajstić information content (AvgIpc) is 2.37. The highest BCUT2D eigenvalue weighted by Crippen LogP contribution is 2.31. The van der Waals surface area contributed by atoms with Gasteiger partial charge in [0.05, 0.1) is 0 Å². The molecular formula is C12H6F4N2O2.